The van der Waals surface area contributed by atoms with Crippen LogP contribution in [0.3, 0.4) is 0 Å². The van der Waals surface area contributed by atoms with Gasteiger partial charge in [-0.05, 0) is 18.2 Å². The average molecular weight is 192 g/mol. The predicted octanol–water partition coefficient (Wildman–Crippen LogP) is 0.568. The van der Waals surface area contributed by atoms with Gasteiger partial charge >= 0.3 is 0 Å². The van der Waals surface area contributed by atoms with Crippen molar-refractivity contribution in [3.63, 3.8) is 0 Å². The Balaban J connectivity index is 2.45. The molecule has 74 valence electrons. The number of primary amides is 1. The molecule has 0 saturated carbocycles. The first-order valence-corrected chi connectivity index (χ1v) is 4.50. The molecule has 4 nitrogen and oxygen atoms in total. The predicted molar refractivity (Wildman–Crippen MR) is 52.0 cm³/mol. The van der Waals surface area contributed by atoms with Gasteiger partial charge in [-0.25, -0.2) is 0 Å². The molecule has 0 radical (unpaired) electrons. The monoisotopic (exact) mass is 192 g/mol. The molecular formula is C10H12N2O2. The van der Waals surface area contributed by atoms with Crippen LogP contribution in [0.5, 0.6) is 5.75 Å². The minimum atomic E-state index is -0.439. The van der Waals surface area contributed by atoms with Crippen molar-refractivity contribution < 1.29 is 9.53 Å². The van der Waals surface area contributed by atoms with E-state index in [0.29, 0.717) is 12.2 Å². The van der Waals surface area contributed by atoms with E-state index >= 15 is 0 Å². The summed E-state index contributed by atoms with van der Waals surface area (Å²) in [5.74, 6) is 0.319. The van der Waals surface area contributed by atoms with E-state index in [9.17, 15) is 4.79 Å². The first kappa shape index (κ1) is 9.02. The smallest absolute Gasteiger partial charge is 0.248 e. The third-order valence-corrected chi connectivity index (χ3v) is 2.38. The summed E-state index contributed by atoms with van der Waals surface area (Å²) >= 11 is 0. The van der Waals surface area contributed by atoms with Crippen molar-refractivity contribution in [3.8, 4) is 5.75 Å². The molecule has 1 heterocycles. The summed E-state index contributed by atoms with van der Waals surface area (Å²) in [5, 5.41) is 0. The maximum Gasteiger partial charge on any atom is 0.248 e. The first-order chi connectivity index (χ1) is 6.68. The number of nitrogens with two attached hydrogens (primary N) is 2. The molecule has 1 amide bonds. The van der Waals surface area contributed by atoms with Gasteiger partial charge in [0, 0.05) is 23.6 Å². The van der Waals surface area contributed by atoms with Gasteiger partial charge in [0.05, 0.1) is 6.61 Å². The van der Waals surface area contributed by atoms with E-state index in [1.165, 1.54) is 0 Å². The molecule has 1 aromatic carbocycles. The lowest BCUT2D eigenvalue weighted by Crippen LogP contribution is -2.21. The Hall–Kier alpha value is -1.55. The molecule has 0 unspecified atom stereocenters. The quantitative estimate of drug-likeness (QED) is 0.682. The number of amides is 1. The van der Waals surface area contributed by atoms with Crippen LogP contribution in [0.1, 0.15) is 28.4 Å². The molecule has 1 atom stereocenters. The Bertz CT molecular complexity index is 376. The molecule has 4 heteroatoms. The Morgan fingerprint density at radius 1 is 1.50 bits per heavy atom. The summed E-state index contributed by atoms with van der Waals surface area (Å²) in [7, 11) is 0. The van der Waals surface area contributed by atoms with Gasteiger partial charge in [0.25, 0.3) is 0 Å². The van der Waals surface area contributed by atoms with Crippen LogP contribution in [0, 0.1) is 0 Å². The maximum absolute atomic E-state index is 10.9. The van der Waals surface area contributed by atoms with Crippen LogP contribution in [-0.2, 0) is 0 Å². The minimum Gasteiger partial charge on any atom is -0.493 e. The fourth-order valence-corrected chi connectivity index (χ4v) is 1.57. The highest BCUT2D eigenvalue weighted by Crippen LogP contribution is 2.30. The standard InChI is InChI=1S/C10H12N2O2/c11-8-3-4-14-9-2-1-6(10(12)13)5-7(8)9/h1-2,5,8H,3-4,11H2,(H2,12,13)/t8-/m1/s1. The highest BCUT2D eigenvalue weighted by molar-refractivity contribution is 5.93. The number of carbonyl (C=O) groups excluding carboxylic acids is 1. The van der Waals surface area contributed by atoms with Gasteiger partial charge in [0.2, 0.25) is 5.91 Å². The van der Waals surface area contributed by atoms with E-state index in [-0.39, 0.29) is 6.04 Å². The largest absolute Gasteiger partial charge is 0.493 e. The molecule has 1 aliphatic rings. The third-order valence-electron chi connectivity index (χ3n) is 2.38. The Kier molecular flexibility index (Phi) is 2.13. The van der Waals surface area contributed by atoms with Gasteiger partial charge in [-0.3, -0.25) is 4.79 Å². The molecule has 0 spiro atoms. The van der Waals surface area contributed by atoms with Gasteiger partial charge in [-0.15, -0.1) is 0 Å². The zero-order chi connectivity index (χ0) is 10.1. The minimum absolute atomic E-state index is 0.0574. The summed E-state index contributed by atoms with van der Waals surface area (Å²) in [6.45, 7) is 0.629. The highest BCUT2D eigenvalue weighted by atomic mass is 16.5. The average Bonchev–Trinajstić information content (AvgIpc) is 2.18. The van der Waals surface area contributed by atoms with Crippen LogP contribution in [0.15, 0.2) is 18.2 Å². The lowest BCUT2D eigenvalue weighted by Gasteiger charge is -2.23. The molecule has 2 rings (SSSR count). The molecule has 14 heavy (non-hydrogen) atoms. The molecule has 0 aromatic heterocycles. The van der Waals surface area contributed by atoms with Crippen LogP contribution in [-0.4, -0.2) is 12.5 Å². The molecule has 1 aromatic rings. The van der Waals surface area contributed by atoms with Crippen molar-refractivity contribution in [1.82, 2.24) is 0 Å². The van der Waals surface area contributed by atoms with Crippen LogP contribution in [0.25, 0.3) is 0 Å². The summed E-state index contributed by atoms with van der Waals surface area (Å²) in [6, 6.07) is 5.05. The number of fused-ring (bicyclic) bond motifs is 1. The van der Waals surface area contributed by atoms with E-state index in [1.54, 1.807) is 18.2 Å². The molecule has 4 N–H and O–H groups in total. The normalized spacial score (nSPS) is 19.6. The lowest BCUT2D eigenvalue weighted by molar-refractivity contribution is 0.1000. The number of benzene rings is 1. The van der Waals surface area contributed by atoms with Crippen molar-refractivity contribution in [2.45, 2.75) is 12.5 Å². The van der Waals surface area contributed by atoms with E-state index in [4.69, 9.17) is 16.2 Å². The van der Waals surface area contributed by atoms with Crippen molar-refractivity contribution in [1.29, 1.82) is 0 Å². The Labute approximate surface area is 81.8 Å². The SMILES string of the molecule is NC(=O)c1ccc2c(c1)[C@H](N)CCO2. The van der Waals surface area contributed by atoms with E-state index in [0.717, 1.165) is 17.7 Å². The second kappa shape index (κ2) is 3.31. The van der Waals surface area contributed by atoms with Crippen molar-refractivity contribution in [3.05, 3.63) is 29.3 Å². The summed E-state index contributed by atoms with van der Waals surface area (Å²) in [4.78, 5) is 10.9. The van der Waals surface area contributed by atoms with Crippen LogP contribution in [0.4, 0.5) is 0 Å². The number of hydrogen-bond donors (Lipinski definition) is 2. The second-order valence-electron chi connectivity index (χ2n) is 3.36. The third kappa shape index (κ3) is 1.44. The highest BCUT2D eigenvalue weighted by Gasteiger charge is 2.18. The topological polar surface area (TPSA) is 78.3 Å². The second-order valence-corrected chi connectivity index (χ2v) is 3.36. The summed E-state index contributed by atoms with van der Waals surface area (Å²) < 4.78 is 5.40. The van der Waals surface area contributed by atoms with Gasteiger partial charge in [0.1, 0.15) is 5.75 Å². The molecule has 0 aliphatic carbocycles. The molecule has 0 fully saturated rings. The number of ether oxygens (including phenoxy) is 1. The van der Waals surface area contributed by atoms with Gasteiger partial charge in [-0.2, -0.15) is 0 Å². The molecule has 1 aliphatic heterocycles. The summed E-state index contributed by atoms with van der Waals surface area (Å²) in [5.41, 5.74) is 12.4. The fraction of sp³-hybridized carbons (Fsp3) is 0.300. The number of hydrogen-bond acceptors (Lipinski definition) is 3. The Morgan fingerprint density at radius 3 is 3.00 bits per heavy atom. The van der Waals surface area contributed by atoms with E-state index in [1.807, 2.05) is 0 Å². The van der Waals surface area contributed by atoms with Crippen LogP contribution in [0.2, 0.25) is 0 Å². The Morgan fingerprint density at radius 2 is 2.29 bits per heavy atom. The maximum atomic E-state index is 10.9. The van der Waals surface area contributed by atoms with Crippen LogP contribution < -0.4 is 16.2 Å². The van der Waals surface area contributed by atoms with Crippen molar-refractivity contribution in [2.75, 3.05) is 6.61 Å². The number of carbonyl (C=O) groups is 1. The zero-order valence-corrected chi connectivity index (χ0v) is 7.69. The van der Waals surface area contributed by atoms with Crippen LogP contribution >= 0.6 is 0 Å². The molecule has 0 saturated heterocycles. The molecule has 0 bridgehead atoms. The van der Waals surface area contributed by atoms with Gasteiger partial charge in [0.15, 0.2) is 0 Å². The zero-order valence-electron chi connectivity index (χ0n) is 7.69. The van der Waals surface area contributed by atoms with Crippen molar-refractivity contribution in [2.24, 2.45) is 11.5 Å². The summed E-state index contributed by atoms with van der Waals surface area (Å²) in [6.07, 6.45) is 0.773. The van der Waals surface area contributed by atoms with Gasteiger partial charge < -0.3 is 16.2 Å². The van der Waals surface area contributed by atoms with Gasteiger partial charge in [-0.1, -0.05) is 0 Å². The van der Waals surface area contributed by atoms with E-state index < -0.39 is 5.91 Å². The lowest BCUT2D eigenvalue weighted by atomic mass is 9.99. The first-order valence-electron chi connectivity index (χ1n) is 4.50. The molecular weight excluding hydrogens is 180 g/mol. The number of rotatable bonds is 1. The fourth-order valence-electron chi connectivity index (χ4n) is 1.57. The van der Waals surface area contributed by atoms with E-state index in [2.05, 4.69) is 0 Å². The van der Waals surface area contributed by atoms with Crippen molar-refractivity contribution >= 4 is 5.91 Å².